The molecule has 1 aromatic rings. The Balaban J connectivity index is 2.19. The van der Waals surface area contributed by atoms with Crippen molar-refractivity contribution in [3.8, 4) is 0 Å². The number of benzene rings is 1. The van der Waals surface area contributed by atoms with Crippen LogP contribution in [0, 0.1) is 10.8 Å². The Hall–Kier alpha value is -1.72. The Bertz CT molecular complexity index is 464. The first kappa shape index (κ1) is 13.7. The van der Waals surface area contributed by atoms with Gasteiger partial charge in [0.2, 0.25) is 0 Å². The van der Waals surface area contributed by atoms with Crippen LogP contribution in [-0.2, 0) is 4.74 Å². The summed E-state index contributed by atoms with van der Waals surface area (Å²) in [4.78, 5) is 4.26. The SMILES string of the molecule is N=C(N=C(N)C1(CN)CCOCC1)c1ccccc1. The number of nitrogens with zero attached hydrogens (tertiary/aromatic N) is 1. The Kier molecular flexibility index (Phi) is 4.29. The number of amidine groups is 2. The molecule has 0 amide bonds. The Labute approximate surface area is 113 Å². The average Bonchev–Trinajstić information content (AvgIpc) is 2.48. The summed E-state index contributed by atoms with van der Waals surface area (Å²) in [6.45, 7) is 1.73. The summed E-state index contributed by atoms with van der Waals surface area (Å²) in [5.74, 6) is 0.629. The Morgan fingerprint density at radius 2 is 1.89 bits per heavy atom. The van der Waals surface area contributed by atoms with Gasteiger partial charge in [-0.05, 0) is 12.8 Å². The molecule has 2 rings (SSSR count). The lowest BCUT2D eigenvalue weighted by atomic mass is 9.79. The Morgan fingerprint density at radius 3 is 2.47 bits per heavy atom. The molecule has 1 fully saturated rings. The van der Waals surface area contributed by atoms with Gasteiger partial charge in [0.05, 0.1) is 0 Å². The lowest BCUT2D eigenvalue weighted by Gasteiger charge is -2.35. The molecule has 5 nitrogen and oxygen atoms in total. The maximum atomic E-state index is 8.00. The fourth-order valence-corrected chi connectivity index (χ4v) is 2.23. The van der Waals surface area contributed by atoms with Crippen LogP contribution in [0.2, 0.25) is 0 Å². The van der Waals surface area contributed by atoms with Gasteiger partial charge in [-0.15, -0.1) is 0 Å². The van der Waals surface area contributed by atoms with Crippen molar-refractivity contribution in [3.05, 3.63) is 35.9 Å². The highest BCUT2D eigenvalue weighted by Crippen LogP contribution is 2.29. The third kappa shape index (κ3) is 3.00. The molecule has 1 heterocycles. The molecular formula is C14H20N4O. The van der Waals surface area contributed by atoms with Gasteiger partial charge >= 0.3 is 0 Å². The molecule has 5 N–H and O–H groups in total. The van der Waals surface area contributed by atoms with E-state index in [0.29, 0.717) is 25.6 Å². The van der Waals surface area contributed by atoms with E-state index in [2.05, 4.69) is 4.99 Å². The van der Waals surface area contributed by atoms with E-state index in [1.807, 2.05) is 30.3 Å². The lowest BCUT2D eigenvalue weighted by molar-refractivity contribution is 0.0483. The summed E-state index contributed by atoms with van der Waals surface area (Å²) in [5, 5.41) is 8.00. The van der Waals surface area contributed by atoms with Crippen molar-refractivity contribution >= 4 is 11.7 Å². The number of hydrogen-bond donors (Lipinski definition) is 3. The molecule has 0 saturated carbocycles. The largest absolute Gasteiger partial charge is 0.387 e. The highest BCUT2D eigenvalue weighted by molar-refractivity contribution is 6.05. The van der Waals surface area contributed by atoms with Crippen molar-refractivity contribution in [3.63, 3.8) is 0 Å². The molecule has 0 aliphatic carbocycles. The van der Waals surface area contributed by atoms with Gasteiger partial charge in [-0.25, -0.2) is 4.99 Å². The van der Waals surface area contributed by atoms with Crippen LogP contribution in [0.1, 0.15) is 18.4 Å². The van der Waals surface area contributed by atoms with Crippen LogP contribution in [0.25, 0.3) is 0 Å². The van der Waals surface area contributed by atoms with Crippen LogP contribution in [0.3, 0.4) is 0 Å². The lowest BCUT2D eigenvalue weighted by Crippen LogP contribution is -2.47. The van der Waals surface area contributed by atoms with Crippen molar-refractivity contribution in [2.45, 2.75) is 12.8 Å². The summed E-state index contributed by atoms with van der Waals surface area (Å²) < 4.78 is 5.35. The zero-order chi connectivity index (χ0) is 13.7. The molecule has 19 heavy (non-hydrogen) atoms. The molecular weight excluding hydrogens is 240 g/mol. The second-order valence-electron chi connectivity index (χ2n) is 4.81. The maximum absolute atomic E-state index is 8.00. The smallest absolute Gasteiger partial charge is 0.153 e. The molecule has 0 unspecified atom stereocenters. The van der Waals surface area contributed by atoms with Crippen molar-refractivity contribution in [2.24, 2.45) is 21.9 Å². The van der Waals surface area contributed by atoms with Gasteiger partial charge in [0, 0.05) is 30.7 Å². The van der Waals surface area contributed by atoms with Gasteiger partial charge in [-0.2, -0.15) is 0 Å². The summed E-state index contributed by atoms with van der Waals surface area (Å²) in [6, 6.07) is 9.35. The van der Waals surface area contributed by atoms with E-state index in [1.54, 1.807) is 0 Å². The number of nitrogens with one attached hydrogen (secondary N) is 1. The van der Waals surface area contributed by atoms with E-state index in [-0.39, 0.29) is 11.3 Å². The molecule has 0 radical (unpaired) electrons. The maximum Gasteiger partial charge on any atom is 0.153 e. The summed E-state index contributed by atoms with van der Waals surface area (Å²) >= 11 is 0. The van der Waals surface area contributed by atoms with E-state index < -0.39 is 0 Å². The molecule has 0 aromatic heterocycles. The molecule has 0 bridgehead atoms. The van der Waals surface area contributed by atoms with E-state index in [1.165, 1.54) is 0 Å². The van der Waals surface area contributed by atoms with Crippen molar-refractivity contribution in [2.75, 3.05) is 19.8 Å². The number of aliphatic imine (C=N–C) groups is 1. The molecule has 102 valence electrons. The van der Waals surface area contributed by atoms with Gasteiger partial charge in [-0.3, -0.25) is 5.41 Å². The highest BCUT2D eigenvalue weighted by Gasteiger charge is 2.35. The third-order valence-corrected chi connectivity index (χ3v) is 3.66. The van der Waals surface area contributed by atoms with Gasteiger partial charge in [0.25, 0.3) is 0 Å². The van der Waals surface area contributed by atoms with Gasteiger partial charge < -0.3 is 16.2 Å². The monoisotopic (exact) mass is 260 g/mol. The van der Waals surface area contributed by atoms with Crippen LogP contribution in [0.15, 0.2) is 35.3 Å². The van der Waals surface area contributed by atoms with Crippen LogP contribution < -0.4 is 11.5 Å². The fourth-order valence-electron chi connectivity index (χ4n) is 2.23. The predicted molar refractivity (Wildman–Crippen MR) is 76.4 cm³/mol. The first-order valence-corrected chi connectivity index (χ1v) is 6.44. The first-order chi connectivity index (χ1) is 9.18. The average molecular weight is 260 g/mol. The molecule has 0 atom stereocenters. The second-order valence-corrected chi connectivity index (χ2v) is 4.81. The van der Waals surface area contributed by atoms with Crippen LogP contribution in [-0.4, -0.2) is 31.4 Å². The van der Waals surface area contributed by atoms with Crippen molar-refractivity contribution in [1.29, 1.82) is 5.41 Å². The summed E-state index contributed by atoms with van der Waals surface area (Å²) in [5.41, 5.74) is 12.4. The Morgan fingerprint density at radius 1 is 1.26 bits per heavy atom. The summed E-state index contributed by atoms with van der Waals surface area (Å²) in [6.07, 6.45) is 1.53. The quantitative estimate of drug-likeness (QED) is 0.561. The summed E-state index contributed by atoms with van der Waals surface area (Å²) in [7, 11) is 0. The predicted octanol–water partition coefficient (Wildman–Crippen LogP) is 1.12. The van der Waals surface area contributed by atoms with Gasteiger partial charge in [0.1, 0.15) is 5.84 Å². The minimum Gasteiger partial charge on any atom is -0.387 e. The zero-order valence-corrected chi connectivity index (χ0v) is 10.9. The van der Waals surface area contributed by atoms with E-state index in [4.69, 9.17) is 21.6 Å². The minimum absolute atomic E-state index is 0.178. The van der Waals surface area contributed by atoms with Gasteiger partial charge in [-0.1, -0.05) is 30.3 Å². The first-order valence-electron chi connectivity index (χ1n) is 6.44. The fraction of sp³-hybridized carbons (Fsp3) is 0.429. The highest BCUT2D eigenvalue weighted by atomic mass is 16.5. The van der Waals surface area contributed by atoms with Crippen molar-refractivity contribution < 1.29 is 4.74 Å². The van der Waals surface area contributed by atoms with E-state index >= 15 is 0 Å². The van der Waals surface area contributed by atoms with E-state index in [0.717, 1.165) is 18.4 Å². The number of ether oxygens (including phenoxy) is 1. The van der Waals surface area contributed by atoms with Gasteiger partial charge in [0.15, 0.2) is 5.84 Å². The topological polar surface area (TPSA) is 97.5 Å². The molecule has 1 aliphatic heterocycles. The number of nitrogens with two attached hydrogens (primary N) is 2. The zero-order valence-electron chi connectivity index (χ0n) is 10.9. The van der Waals surface area contributed by atoms with Crippen LogP contribution in [0.5, 0.6) is 0 Å². The molecule has 1 saturated heterocycles. The standard InChI is InChI=1S/C14H20N4O/c15-10-14(6-8-19-9-7-14)13(17)18-12(16)11-4-2-1-3-5-11/h1-5H,6-10,15H2,(H3,16,17,18). The van der Waals surface area contributed by atoms with Crippen LogP contribution >= 0.6 is 0 Å². The van der Waals surface area contributed by atoms with E-state index in [9.17, 15) is 0 Å². The number of hydrogen-bond acceptors (Lipinski definition) is 3. The van der Waals surface area contributed by atoms with Crippen molar-refractivity contribution in [1.82, 2.24) is 0 Å². The minimum atomic E-state index is -0.320. The molecule has 1 aromatic carbocycles. The number of rotatable bonds is 3. The normalized spacial score (nSPS) is 19.1. The van der Waals surface area contributed by atoms with Crippen LogP contribution in [0.4, 0.5) is 0 Å². The third-order valence-electron chi connectivity index (χ3n) is 3.66. The molecule has 5 heteroatoms. The molecule has 0 spiro atoms. The second kappa shape index (κ2) is 5.95. The molecule has 1 aliphatic rings.